The SMILES string of the molecule is Cc1cccc(Cc2nnc3c(C(=O)O)cccn23)c1. The molecule has 0 fully saturated rings. The normalized spacial score (nSPS) is 10.8. The molecule has 3 rings (SSSR count). The van der Waals surface area contributed by atoms with Gasteiger partial charge in [0.15, 0.2) is 5.65 Å². The number of aromatic nitrogens is 3. The maximum Gasteiger partial charge on any atom is 0.339 e. The zero-order valence-electron chi connectivity index (χ0n) is 10.9. The summed E-state index contributed by atoms with van der Waals surface area (Å²) in [6.07, 6.45) is 2.40. The van der Waals surface area contributed by atoms with E-state index < -0.39 is 5.97 Å². The second kappa shape index (κ2) is 4.77. The third-order valence-electron chi connectivity index (χ3n) is 3.18. The monoisotopic (exact) mass is 267 g/mol. The van der Waals surface area contributed by atoms with Gasteiger partial charge in [-0.2, -0.15) is 0 Å². The molecule has 0 aliphatic heterocycles. The number of hydrogen-bond donors (Lipinski definition) is 1. The zero-order valence-corrected chi connectivity index (χ0v) is 10.9. The van der Waals surface area contributed by atoms with Crippen molar-refractivity contribution in [3.05, 3.63) is 65.1 Å². The molecule has 0 saturated heterocycles. The number of fused-ring (bicyclic) bond motifs is 1. The van der Waals surface area contributed by atoms with Crippen LogP contribution in [-0.2, 0) is 6.42 Å². The van der Waals surface area contributed by atoms with Gasteiger partial charge in [0.2, 0.25) is 0 Å². The van der Waals surface area contributed by atoms with Gasteiger partial charge in [0.1, 0.15) is 11.4 Å². The van der Waals surface area contributed by atoms with Crippen LogP contribution in [0.2, 0.25) is 0 Å². The van der Waals surface area contributed by atoms with Crippen LogP contribution in [0, 0.1) is 6.92 Å². The van der Waals surface area contributed by atoms with Crippen molar-refractivity contribution in [3.8, 4) is 0 Å². The molecule has 0 bridgehead atoms. The minimum absolute atomic E-state index is 0.162. The van der Waals surface area contributed by atoms with Crippen LogP contribution < -0.4 is 0 Å². The van der Waals surface area contributed by atoms with Crippen LogP contribution in [0.25, 0.3) is 5.65 Å². The highest BCUT2D eigenvalue weighted by molar-refractivity contribution is 5.94. The first-order chi connectivity index (χ1) is 9.65. The molecule has 0 aliphatic rings. The Bertz CT molecular complexity index is 793. The third-order valence-corrected chi connectivity index (χ3v) is 3.18. The van der Waals surface area contributed by atoms with Gasteiger partial charge in [-0.3, -0.25) is 4.40 Å². The lowest BCUT2D eigenvalue weighted by Crippen LogP contribution is -2.02. The molecule has 0 unspecified atom stereocenters. The van der Waals surface area contributed by atoms with Gasteiger partial charge in [-0.1, -0.05) is 29.8 Å². The number of pyridine rings is 1. The second-order valence-corrected chi connectivity index (χ2v) is 4.70. The molecule has 0 atom stereocenters. The zero-order chi connectivity index (χ0) is 14.1. The fraction of sp³-hybridized carbons (Fsp3) is 0.133. The van der Waals surface area contributed by atoms with Crippen LogP contribution in [0.1, 0.15) is 27.3 Å². The Morgan fingerprint density at radius 3 is 2.85 bits per heavy atom. The molecule has 3 aromatic rings. The molecule has 1 aromatic carbocycles. The highest BCUT2D eigenvalue weighted by Gasteiger charge is 2.13. The van der Waals surface area contributed by atoms with Gasteiger partial charge >= 0.3 is 5.97 Å². The van der Waals surface area contributed by atoms with Crippen LogP contribution in [0.4, 0.5) is 0 Å². The first-order valence-electron chi connectivity index (χ1n) is 6.26. The van der Waals surface area contributed by atoms with Gasteiger partial charge in [-0.15, -0.1) is 10.2 Å². The maximum absolute atomic E-state index is 11.1. The fourth-order valence-corrected chi connectivity index (χ4v) is 2.26. The van der Waals surface area contributed by atoms with Crippen molar-refractivity contribution >= 4 is 11.6 Å². The van der Waals surface area contributed by atoms with Gasteiger partial charge in [-0.05, 0) is 24.6 Å². The minimum atomic E-state index is -0.995. The summed E-state index contributed by atoms with van der Waals surface area (Å²) in [7, 11) is 0. The number of rotatable bonds is 3. The Morgan fingerprint density at radius 1 is 1.25 bits per heavy atom. The van der Waals surface area contributed by atoms with Crippen LogP contribution in [0.3, 0.4) is 0 Å². The number of aromatic carboxylic acids is 1. The molecule has 100 valence electrons. The molecular weight excluding hydrogens is 254 g/mol. The first-order valence-corrected chi connectivity index (χ1v) is 6.26. The minimum Gasteiger partial charge on any atom is -0.478 e. The predicted molar refractivity (Wildman–Crippen MR) is 73.9 cm³/mol. The average molecular weight is 267 g/mol. The largest absolute Gasteiger partial charge is 0.478 e. The Hall–Kier alpha value is -2.69. The van der Waals surface area contributed by atoms with Crippen LogP contribution >= 0.6 is 0 Å². The molecule has 5 heteroatoms. The van der Waals surface area contributed by atoms with E-state index in [1.807, 2.05) is 25.1 Å². The molecule has 0 amide bonds. The third kappa shape index (κ3) is 2.14. The summed E-state index contributed by atoms with van der Waals surface area (Å²) in [4.78, 5) is 11.1. The lowest BCUT2D eigenvalue weighted by Gasteiger charge is -2.02. The summed E-state index contributed by atoms with van der Waals surface area (Å²) in [6, 6.07) is 11.4. The van der Waals surface area contributed by atoms with Crippen molar-refractivity contribution in [2.75, 3.05) is 0 Å². The molecule has 1 N–H and O–H groups in total. The maximum atomic E-state index is 11.1. The topological polar surface area (TPSA) is 67.5 Å². The van der Waals surface area contributed by atoms with Crippen molar-refractivity contribution in [2.45, 2.75) is 13.3 Å². The lowest BCUT2D eigenvalue weighted by atomic mass is 10.1. The van der Waals surface area contributed by atoms with E-state index in [0.29, 0.717) is 12.1 Å². The summed E-state index contributed by atoms with van der Waals surface area (Å²) >= 11 is 0. The number of aryl methyl sites for hydroxylation is 1. The Balaban J connectivity index is 2.05. The standard InChI is InChI=1S/C15H13N3O2/c1-10-4-2-5-11(8-10)9-13-16-17-14-12(15(19)20)6-3-7-18(13)14/h2-8H,9H2,1H3,(H,19,20). The summed E-state index contributed by atoms with van der Waals surface area (Å²) in [5.74, 6) is -0.265. The molecule has 5 nitrogen and oxygen atoms in total. The fourth-order valence-electron chi connectivity index (χ4n) is 2.26. The molecule has 0 saturated carbocycles. The molecule has 20 heavy (non-hydrogen) atoms. The lowest BCUT2D eigenvalue weighted by molar-refractivity contribution is 0.0698. The Kier molecular flexibility index (Phi) is 2.95. The second-order valence-electron chi connectivity index (χ2n) is 4.70. The molecular formula is C15H13N3O2. The first kappa shape index (κ1) is 12.3. The molecule has 2 aromatic heterocycles. The van der Waals surface area contributed by atoms with Crippen molar-refractivity contribution in [1.82, 2.24) is 14.6 Å². The Morgan fingerprint density at radius 2 is 2.10 bits per heavy atom. The average Bonchev–Trinajstić information content (AvgIpc) is 2.82. The predicted octanol–water partition coefficient (Wildman–Crippen LogP) is 2.33. The smallest absolute Gasteiger partial charge is 0.339 e. The van der Waals surface area contributed by atoms with E-state index in [9.17, 15) is 4.79 Å². The van der Waals surface area contributed by atoms with E-state index in [2.05, 4.69) is 16.3 Å². The van der Waals surface area contributed by atoms with Gasteiger partial charge < -0.3 is 5.11 Å². The molecule has 0 radical (unpaired) electrons. The van der Waals surface area contributed by atoms with Crippen LogP contribution in [0.5, 0.6) is 0 Å². The number of nitrogens with zero attached hydrogens (tertiary/aromatic N) is 3. The van der Waals surface area contributed by atoms with Crippen molar-refractivity contribution in [3.63, 3.8) is 0 Å². The van der Waals surface area contributed by atoms with E-state index in [1.54, 1.807) is 16.7 Å². The number of carbonyl (C=O) groups is 1. The van der Waals surface area contributed by atoms with E-state index in [-0.39, 0.29) is 5.56 Å². The van der Waals surface area contributed by atoms with Crippen molar-refractivity contribution in [2.24, 2.45) is 0 Å². The van der Waals surface area contributed by atoms with Crippen LogP contribution in [-0.4, -0.2) is 25.7 Å². The highest BCUT2D eigenvalue weighted by atomic mass is 16.4. The number of carboxylic acids is 1. The van der Waals surface area contributed by atoms with Gasteiger partial charge in [-0.25, -0.2) is 4.79 Å². The molecule has 2 heterocycles. The molecule has 0 spiro atoms. The number of carboxylic acid groups (broad SMARTS) is 1. The van der Waals surface area contributed by atoms with E-state index in [0.717, 1.165) is 11.4 Å². The van der Waals surface area contributed by atoms with Gasteiger partial charge in [0.25, 0.3) is 0 Å². The summed E-state index contributed by atoms with van der Waals surface area (Å²) in [6.45, 7) is 2.04. The van der Waals surface area contributed by atoms with Gasteiger partial charge in [0.05, 0.1) is 0 Å². The van der Waals surface area contributed by atoms with Gasteiger partial charge in [0, 0.05) is 12.6 Å². The van der Waals surface area contributed by atoms with Crippen LogP contribution in [0.15, 0.2) is 42.6 Å². The molecule has 0 aliphatic carbocycles. The summed E-state index contributed by atoms with van der Waals surface area (Å²) in [5, 5.41) is 17.2. The summed E-state index contributed by atoms with van der Waals surface area (Å²) < 4.78 is 1.73. The number of hydrogen-bond acceptors (Lipinski definition) is 3. The van der Waals surface area contributed by atoms with E-state index >= 15 is 0 Å². The van der Waals surface area contributed by atoms with E-state index in [1.165, 1.54) is 11.6 Å². The highest BCUT2D eigenvalue weighted by Crippen LogP contribution is 2.14. The number of benzene rings is 1. The Labute approximate surface area is 115 Å². The summed E-state index contributed by atoms with van der Waals surface area (Å²) in [5.41, 5.74) is 2.85. The quantitative estimate of drug-likeness (QED) is 0.790. The van der Waals surface area contributed by atoms with Crippen molar-refractivity contribution < 1.29 is 9.90 Å². The van der Waals surface area contributed by atoms with Crippen molar-refractivity contribution in [1.29, 1.82) is 0 Å². The van der Waals surface area contributed by atoms with E-state index in [4.69, 9.17) is 5.11 Å².